The van der Waals surface area contributed by atoms with Crippen molar-refractivity contribution in [2.45, 2.75) is 32.6 Å². The van der Waals surface area contributed by atoms with E-state index in [4.69, 9.17) is 9.84 Å². The maximum absolute atomic E-state index is 11.4. The molecule has 0 fully saturated rings. The molecule has 0 spiro atoms. The second-order valence-corrected chi connectivity index (χ2v) is 5.42. The van der Waals surface area contributed by atoms with Crippen molar-refractivity contribution in [2.75, 3.05) is 13.2 Å². The number of halogens is 1. The van der Waals surface area contributed by atoms with Crippen LogP contribution in [0.2, 0.25) is 0 Å². The number of carbonyl (C=O) groups excluding carboxylic acids is 1. The first-order valence-electron chi connectivity index (χ1n) is 6.92. The molecule has 5 nitrogen and oxygen atoms in total. The molecule has 0 heterocycles. The van der Waals surface area contributed by atoms with E-state index in [2.05, 4.69) is 28.2 Å². The topological polar surface area (TPSA) is 75.6 Å². The molecule has 0 bridgehead atoms. The lowest BCUT2D eigenvalue weighted by Gasteiger charge is -2.09. The van der Waals surface area contributed by atoms with Crippen molar-refractivity contribution in [3.8, 4) is 5.75 Å². The number of hydrogen-bond acceptors (Lipinski definition) is 3. The van der Waals surface area contributed by atoms with Crippen LogP contribution in [0.25, 0.3) is 0 Å². The highest BCUT2D eigenvalue weighted by molar-refractivity contribution is 9.10. The summed E-state index contributed by atoms with van der Waals surface area (Å²) >= 11 is 3.46. The first-order chi connectivity index (χ1) is 10.0. The number of carbonyl (C=O) groups is 2. The Morgan fingerprint density at radius 3 is 2.71 bits per heavy atom. The molecule has 1 aromatic rings. The molecular formula is C15H20BrNO4. The molecule has 0 aliphatic heterocycles. The summed E-state index contributed by atoms with van der Waals surface area (Å²) in [6.07, 6.45) is 1.82. The summed E-state index contributed by atoms with van der Waals surface area (Å²) in [7, 11) is 0. The van der Waals surface area contributed by atoms with Gasteiger partial charge in [-0.25, -0.2) is 0 Å². The van der Waals surface area contributed by atoms with Crippen molar-refractivity contribution in [3.05, 3.63) is 28.2 Å². The Morgan fingerprint density at radius 1 is 1.33 bits per heavy atom. The fourth-order valence-electron chi connectivity index (χ4n) is 1.69. The molecule has 6 heteroatoms. The van der Waals surface area contributed by atoms with E-state index >= 15 is 0 Å². The Kier molecular flexibility index (Phi) is 7.82. The van der Waals surface area contributed by atoms with Crippen LogP contribution < -0.4 is 10.1 Å². The monoisotopic (exact) mass is 357 g/mol. The van der Waals surface area contributed by atoms with Gasteiger partial charge in [0.1, 0.15) is 5.75 Å². The summed E-state index contributed by atoms with van der Waals surface area (Å²) in [4.78, 5) is 21.7. The molecule has 0 radical (unpaired) electrons. The fraction of sp³-hybridized carbons (Fsp3) is 0.467. The molecule has 1 rings (SSSR count). The zero-order valence-corrected chi connectivity index (χ0v) is 13.6. The van der Waals surface area contributed by atoms with Gasteiger partial charge in [-0.2, -0.15) is 0 Å². The molecular weight excluding hydrogens is 338 g/mol. The van der Waals surface area contributed by atoms with Crippen LogP contribution in [0.1, 0.15) is 31.7 Å². The number of rotatable bonds is 9. The van der Waals surface area contributed by atoms with Crippen LogP contribution in [0.4, 0.5) is 0 Å². The van der Waals surface area contributed by atoms with E-state index < -0.39 is 5.97 Å². The molecule has 0 unspecified atom stereocenters. The van der Waals surface area contributed by atoms with E-state index in [9.17, 15) is 9.59 Å². The van der Waals surface area contributed by atoms with Crippen molar-refractivity contribution in [3.63, 3.8) is 0 Å². The predicted octanol–water partition coefficient (Wildman–Crippen LogP) is 2.76. The third-order valence-electron chi connectivity index (χ3n) is 2.87. The molecule has 0 atom stereocenters. The number of aryl methyl sites for hydroxylation is 1. The average molecular weight is 358 g/mol. The Labute approximate surface area is 132 Å². The molecule has 0 aliphatic rings. The third kappa shape index (κ3) is 7.13. The van der Waals surface area contributed by atoms with Gasteiger partial charge in [0.25, 0.3) is 0 Å². The van der Waals surface area contributed by atoms with Gasteiger partial charge in [0.2, 0.25) is 5.91 Å². The largest absolute Gasteiger partial charge is 0.492 e. The summed E-state index contributed by atoms with van der Waals surface area (Å²) in [5, 5.41) is 11.0. The van der Waals surface area contributed by atoms with Crippen molar-refractivity contribution in [1.82, 2.24) is 5.32 Å². The lowest BCUT2D eigenvalue weighted by atomic mass is 10.2. The van der Waals surface area contributed by atoms with E-state index in [0.717, 1.165) is 16.6 Å². The van der Waals surface area contributed by atoms with E-state index in [-0.39, 0.29) is 18.9 Å². The summed E-state index contributed by atoms with van der Waals surface area (Å²) in [5.41, 5.74) is 1.23. The van der Waals surface area contributed by atoms with Gasteiger partial charge in [0.05, 0.1) is 17.5 Å². The number of ether oxygens (including phenoxy) is 1. The molecule has 1 amide bonds. The Balaban J connectivity index is 2.22. The van der Waals surface area contributed by atoms with Crippen LogP contribution in [-0.2, 0) is 16.0 Å². The summed E-state index contributed by atoms with van der Waals surface area (Å²) in [6.45, 7) is 2.70. The van der Waals surface area contributed by atoms with E-state index in [1.54, 1.807) is 0 Å². The van der Waals surface area contributed by atoms with Gasteiger partial charge >= 0.3 is 5.97 Å². The predicted molar refractivity (Wildman–Crippen MR) is 83.5 cm³/mol. The number of nitrogens with one attached hydrogen (secondary N) is 1. The zero-order valence-electron chi connectivity index (χ0n) is 12.0. The van der Waals surface area contributed by atoms with Gasteiger partial charge in [-0.05, 0) is 46.5 Å². The second-order valence-electron chi connectivity index (χ2n) is 4.56. The lowest BCUT2D eigenvalue weighted by molar-refractivity contribution is -0.136. The maximum Gasteiger partial charge on any atom is 0.305 e. The van der Waals surface area contributed by atoms with Crippen LogP contribution in [0, 0.1) is 0 Å². The lowest BCUT2D eigenvalue weighted by Crippen LogP contribution is -2.26. The van der Waals surface area contributed by atoms with Crippen LogP contribution in [0.3, 0.4) is 0 Å². The smallest absolute Gasteiger partial charge is 0.305 e. The van der Waals surface area contributed by atoms with Gasteiger partial charge in [-0.1, -0.05) is 13.0 Å². The summed E-state index contributed by atoms with van der Waals surface area (Å²) < 4.78 is 6.52. The minimum atomic E-state index is -0.918. The third-order valence-corrected chi connectivity index (χ3v) is 3.49. The van der Waals surface area contributed by atoms with E-state index in [1.807, 2.05) is 18.2 Å². The summed E-state index contributed by atoms with van der Waals surface area (Å²) in [6, 6.07) is 5.95. The number of hydrogen-bond donors (Lipinski definition) is 2. The quantitative estimate of drug-likeness (QED) is 0.666. The summed E-state index contributed by atoms with van der Waals surface area (Å²) in [5.74, 6) is -0.308. The first-order valence-corrected chi connectivity index (χ1v) is 7.72. The highest BCUT2D eigenvalue weighted by Crippen LogP contribution is 2.26. The van der Waals surface area contributed by atoms with E-state index in [0.29, 0.717) is 19.4 Å². The molecule has 21 heavy (non-hydrogen) atoms. The minimum absolute atomic E-state index is 0.0566. The van der Waals surface area contributed by atoms with Crippen LogP contribution >= 0.6 is 15.9 Å². The van der Waals surface area contributed by atoms with Crippen molar-refractivity contribution >= 4 is 27.8 Å². The molecule has 0 saturated carbocycles. The van der Waals surface area contributed by atoms with E-state index in [1.165, 1.54) is 5.56 Å². The number of carboxylic acids is 1. The van der Waals surface area contributed by atoms with Crippen LogP contribution in [-0.4, -0.2) is 30.1 Å². The zero-order chi connectivity index (χ0) is 15.7. The minimum Gasteiger partial charge on any atom is -0.492 e. The molecule has 0 aromatic heterocycles. The highest BCUT2D eigenvalue weighted by Gasteiger charge is 2.05. The number of amides is 1. The maximum atomic E-state index is 11.4. The van der Waals surface area contributed by atoms with Crippen molar-refractivity contribution in [1.29, 1.82) is 0 Å². The van der Waals surface area contributed by atoms with Gasteiger partial charge in [0, 0.05) is 13.0 Å². The SMILES string of the molecule is CCc1ccc(OCCCC(=O)NCCC(=O)O)c(Br)c1. The Morgan fingerprint density at radius 2 is 2.10 bits per heavy atom. The fourth-order valence-corrected chi connectivity index (χ4v) is 2.23. The number of carboxylic acid groups (broad SMARTS) is 1. The Hall–Kier alpha value is -1.56. The average Bonchev–Trinajstić information content (AvgIpc) is 2.44. The standard InChI is InChI=1S/C15H20BrNO4/c1-2-11-5-6-13(12(16)10-11)21-9-3-4-14(18)17-8-7-15(19)20/h5-6,10H,2-4,7-9H2,1H3,(H,17,18)(H,19,20). The molecule has 0 saturated heterocycles. The Bertz CT molecular complexity index is 491. The normalized spacial score (nSPS) is 10.2. The van der Waals surface area contributed by atoms with Crippen LogP contribution in [0.5, 0.6) is 5.75 Å². The van der Waals surface area contributed by atoms with Crippen molar-refractivity contribution < 1.29 is 19.4 Å². The number of benzene rings is 1. The molecule has 1 aromatic carbocycles. The van der Waals surface area contributed by atoms with Gasteiger partial charge in [-0.15, -0.1) is 0 Å². The van der Waals surface area contributed by atoms with Crippen molar-refractivity contribution in [2.24, 2.45) is 0 Å². The molecule has 0 aliphatic carbocycles. The van der Waals surface area contributed by atoms with Gasteiger partial charge in [-0.3, -0.25) is 9.59 Å². The second kappa shape index (κ2) is 9.39. The molecule has 116 valence electrons. The highest BCUT2D eigenvalue weighted by atomic mass is 79.9. The van der Waals surface area contributed by atoms with Gasteiger partial charge < -0.3 is 15.2 Å². The van der Waals surface area contributed by atoms with Gasteiger partial charge in [0.15, 0.2) is 0 Å². The van der Waals surface area contributed by atoms with Crippen LogP contribution in [0.15, 0.2) is 22.7 Å². The molecule has 2 N–H and O–H groups in total. The first kappa shape index (κ1) is 17.5. The number of aliphatic carboxylic acids is 1.